The molecule has 0 aliphatic carbocycles. The number of hydrogen-bond donors (Lipinski definition) is 2. The number of nitrogens with one attached hydrogen (secondary N) is 2. The molecule has 5 nitrogen and oxygen atoms in total. The minimum Gasteiger partial charge on any atom is -0.455 e. The predicted octanol–water partition coefficient (Wildman–Crippen LogP) is 3.64. The fourth-order valence-electron chi connectivity index (χ4n) is 3.88. The standard InChI is InChI=1S/C23H24N2O3/c1-14-13-17(11-12-24-14)25-23(27)19-10-6-9-18-20(26)15(2)21(28-22(18)19)16-7-4-3-5-8-16/h3-10,14,17,24H,11-13H2,1-2H3,(H,25,27). The van der Waals surface area contributed by atoms with Crippen LogP contribution < -0.4 is 16.1 Å². The summed E-state index contributed by atoms with van der Waals surface area (Å²) in [5.41, 5.74) is 2.00. The Bertz CT molecular complexity index is 1070. The maximum absolute atomic E-state index is 13.0. The number of rotatable bonds is 3. The van der Waals surface area contributed by atoms with Crippen molar-refractivity contribution in [2.75, 3.05) is 6.54 Å². The molecule has 0 radical (unpaired) electrons. The fourth-order valence-corrected chi connectivity index (χ4v) is 3.88. The third-order valence-corrected chi connectivity index (χ3v) is 5.38. The summed E-state index contributed by atoms with van der Waals surface area (Å²) in [5.74, 6) is 0.310. The van der Waals surface area contributed by atoms with Crippen molar-refractivity contribution in [1.82, 2.24) is 10.6 Å². The first-order valence-electron chi connectivity index (χ1n) is 9.70. The SMILES string of the molecule is Cc1c(-c2ccccc2)oc2c(C(=O)NC3CCNC(C)C3)cccc2c1=O. The van der Waals surface area contributed by atoms with Crippen LogP contribution in [0.25, 0.3) is 22.3 Å². The lowest BCUT2D eigenvalue weighted by Gasteiger charge is -2.28. The van der Waals surface area contributed by atoms with Gasteiger partial charge in [0.2, 0.25) is 0 Å². The van der Waals surface area contributed by atoms with E-state index in [-0.39, 0.29) is 17.4 Å². The Balaban J connectivity index is 1.78. The van der Waals surface area contributed by atoms with Crippen LogP contribution in [0, 0.1) is 6.92 Å². The van der Waals surface area contributed by atoms with Crippen LogP contribution in [-0.4, -0.2) is 24.5 Å². The zero-order valence-corrected chi connectivity index (χ0v) is 16.1. The topological polar surface area (TPSA) is 71.3 Å². The molecule has 2 heterocycles. The quantitative estimate of drug-likeness (QED) is 0.732. The summed E-state index contributed by atoms with van der Waals surface area (Å²) in [6, 6.07) is 15.2. The predicted molar refractivity (Wildman–Crippen MR) is 111 cm³/mol. The van der Waals surface area contributed by atoms with Crippen molar-refractivity contribution in [3.63, 3.8) is 0 Å². The number of piperidine rings is 1. The van der Waals surface area contributed by atoms with Crippen LogP contribution >= 0.6 is 0 Å². The van der Waals surface area contributed by atoms with Crippen LogP contribution in [-0.2, 0) is 0 Å². The molecule has 2 unspecified atom stereocenters. The highest BCUT2D eigenvalue weighted by Crippen LogP contribution is 2.27. The Morgan fingerprint density at radius 2 is 1.93 bits per heavy atom. The second kappa shape index (κ2) is 7.60. The zero-order valence-electron chi connectivity index (χ0n) is 16.1. The molecule has 1 amide bonds. The Morgan fingerprint density at radius 3 is 2.68 bits per heavy atom. The van der Waals surface area contributed by atoms with Gasteiger partial charge in [-0.15, -0.1) is 0 Å². The van der Waals surface area contributed by atoms with Crippen molar-refractivity contribution in [1.29, 1.82) is 0 Å². The molecule has 0 saturated carbocycles. The first kappa shape index (κ1) is 18.4. The van der Waals surface area contributed by atoms with Crippen molar-refractivity contribution in [2.45, 2.75) is 38.8 Å². The highest BCUT2D eigenvalue weighted by Gasteiger charge is 2.23. The number of benzene rings is 2. The van der Waals surface area contributed by atoms with E-state index in [0.29, 0.717) is 33.9 Å². The number of carbonyl (C=O) groups excluding carboxylic acids is 1. The van der Waals surface area contributed by atoms with Crippen LogP contribution in [0.5, 0.6) is 0 Å². The summed E-state index contributed by atoms with van der Waals surface area (Å²) in [6.07, 6.45) is 1.77. The van der Waals surface area contributed by atoms with Gasteiger partial charge in [-0.05, 0) is 45.4 Å². The van der Waals surface area contributed by atoms with E-state index in [4.69, 9.17) is 4.42 Å². The van der Waals surface area contributed by atoms with Crippen LogP contribution in [0.15, 0.2) is 57.7 Å². The molecule has 0 spiro atoms. The summed E-state index contributed by atoms with van der Waals surface area (Å²) >= 11 is 0. The molecule has 4 rings (SSSR count). The molecule has 1 aliphatic heterocycles. The largest absolute Gasteiger partial charge is 0.455 e. The van der Waals surface area contributed by atoms with Gasteiger partial charge in [0.25, 0.3) is 5.91 Å². The van der Waals surface area contributed by atoms with Gasteiger partial charge in [0.15, 0.2) is 11.0 Å². The van der Waals surface area contributed by atoms with Crippen LogP contribution in [0.3, 0.4) is 0 Å². The van der Waals surface area contributed by atoms with Crippen molar-refractivity contribution < 1.29 is 9.21 Å². The highest BCUT2D eigenvalue weighted by atomic mass is 16.3. The van der Waals surface area contributed by atoms with Crippen LogP contribution in [0.1, 0.15) is 35.7 Å². The molecule has 1 saturated heterocycles. The zero-order chi connectivity index (χ0) is 19.7. The number of hydrogen-bond acceptors (Lipinski definition) is 4. The normalized spacial score (nSPS) is 19.5. The minimum atomic E-state index is -0.198. The Morgan fingerprint density at radius 1 is 1.14 bits per heavy atom. The Hall–Kier alpha value is -2.92. The van der Waals surface area contributed by atoms with Crippen molar-refractivity contribution in [2.24, 2.45) is 0 Å². The van der Waals surface area contributed by atoms with E-state index >= 15 is 0 Å². The first-order chi connectivity index (χ1) is 13.5. The van der Waals surface area contributed by atoms with Crippen LogP contribution in [0.2, 0.25) is 0 Å². The second-order valence-corrected chi connectivity index (χ2v) is 7.48. The molecule has 2 atom stereocenters. The Kier molecular flexibility index (Phi) is 5.01. The monoisotopic (exact) mass is 376 g/mol. The molecule has 0 bridgehead atoms. The van der Waals surface area contributed by atoms with E-state index in [2.05, 4.69) is 17.6 Å². The molecule has 1 fully saturated rings. The maximum atomic E-state index is 13.0. The molecule has 144 valence electrons. The van der Waals surface area contributed by atoms with E-state index in [1.54, 1.807) is 25.1 Å². The van der Waals surface area contributed by atoms with Gasteiger partial charge >= 0.3 is 0 Å². The summed E-state index contributed by atoms with van der Waals surface area (Å²) in [5, 5.41) is 6.93. The number of fused-ring (bicyclic) bond motifs is 1. The van der Waals surface area contributed by atoms with Crippen molar-refractivity contribution in [3.05, 3.63) is 69.9 Å². The summed E-state index contributed by atoms with van der Waals surface area (Å²) in [4.78, 5) is 25.9. The van der Waals surface area contributed by atoms with E-state index in [9.17, 15) is 9.59 Å². The lowest BCUT2D eigenvalue weighted by atomic mass is 9.99. The third kappa shape index (κ3) is 3.45. The van der Waals surface area contributed by atoms with E-state index in [1.807, 2.05) is 30.3 Å². The second-order valence-electron chi connectivity index (χ2n) is 7.48. The molecular weight excluding hydrogens is 352 g/mol. The van der Waals surface area contributed by atoms with Crippen molar-refractivity contribution in [3.8, 4) is 11.3 Å². The molecule has 2 aromatic carbocycles. The average Bonchev–Trinajstić information content (AvgIpc) is 2.71. The smallest absolute Gasteiger partial charge is 0.255 e. The number of amides is 1. The van der Waals surface area contributed by atoms with Crippen LogP contribution in [0.4, 0.5) is 0 Å². The third-order valence-electron chi connectivity index (χ3n) is 5.38. The van der Waals surface area contributed by atoms with E-state index in [1.165, 1.54) is 0 Å². The molecule has 1 aliphatic rings. The van der Waals surface area contributed by atoms with E-state index < -0.39 is 0 Å². The molecule has 3 aromatic rings. The first-order valence-corrected chi connectivity index (χ1v) is 9.70. The number of carbonyl (C=O) groups is 1. The lowest BCUT2D eigenvalue weighted by molar-refractivity contribution is 0.0926. The maximum Gasteiger partial charge on any atom is 0.255 e. The molecule has 5 heteroatoms. The molecular formula is C23H24N2O3. The fraction of sp³-hybridized carbons (Fsp3) is 0.304. The van der Waals surface area contributed by atoms with Crippen molar-refractivity contribution >= 4 is 16.9 Å². The minimum absolute atomic E-state index is 0.106. The molecule has 1 aromatic heterocycles. The van der Waals surface area contributed by atoms with Gasteiger partial charge in [-0.1, -0.05) is 36.4 Å². The summed E-state index contributed by atoms with van der Waals surface area (Å²) < 4.78 is 6.15. The highest BCUT2D eigenvalue weighted by molar-refractivity contribution is 6.05. The van der Waals surface area contributed by atoms with Gasteiger partial charge in [0, 0.05) is 23.2 Å². The average molecular weight is 376 g/mol. The number of para-hydroxylation sites is 1. The van der Waals surface area contributed by atoms with Gasteiger partial charge in [0.1, 0.15) is 5.76 Å². The molecule has 28 heavy (non-hydrogen) atoms. The van der Waals surface area contributed by atoms with Gasteiger partial charge in [-0.25, -0.2) is 0 Å². The summed E-state index contributed by atoms with van der Waals surface area (Å²) in [6.45, 7) is 4.76. The van der Waals surface area contributed by atoms with E-state index in [0.717, 1.165) is 24.9 Å². The summed E-state index contributed by atoms with van der Waals surface area (Å²) in [7, 11) is 0. The van der Waals surface area contributed by atoms with Gasteiger partial charge in [0.05, 0.1) is 10.9 Å². The molecule has 2 N–H and O–H groups in total. The Labute approximate surface area is 163 Å². The van der Waals surface area contributed by atoms with Gasteiger partial charge in [-0.2, -0.15) is 0 Å². The lowest BCUT2D eigenvalue weighted by Crippen LogP contribution is -2.46. The van der Waals surface area contributed by atoms with Gasteiger partial charge in [-0.3, -0.25) is 9.59 Å². The van der Waals surface area contributed by atoms with Gasteiger partial charge < -0.3 is 15.1 Å².